The minimum absolute atomic E-state index is 0.0166. The maximum atomic E-state index is 11.7. The quantitative estimate of drug-likeness (QED) is 0.375. The number of rotatable bonds is 0. The SMILES string of the molecule is C=C1C(=O)O[C@H]2C[C@@H](C)[C@H]3CC[C@@]4(C)O[C@@]34C[C@@H]12. The maximum Gasteiger partial charge on any atom is 0.334 e. The van der Waals surface area contributed by atoms with E-state index in [0.717, 1.165) is 12.8 Å². The first-order valence-electron chi connectivity index (χ1n) is 7.07. The second-order valence-electron chi connectivity index (χ2n) is 6.86. The molecule has 3 heteroatoms. The van der Waals surface area contributed by atoms with Gasteiger partial charge >= 0.3 is 5.97 Å². The van der Waals surface area contributed by atoms with Gasteiger partial charge in [0.25, 0.3) is 0 Å². The van der Waals surface area contributed by atoms with Crippen molar-refractivity contribution in [3.05, 3.63) is 12.2 Å². The largest absolute Gasteiger partial charge is 0.458 e. The Kier molecular flexibility index (Phi) is 1.84. The first-order chi connectivity index (χ1) is 8.47. The molecule has 4 rings (SSSR count). The molecule has 3 nitrogen and oxygen atoms in total. The fourth-order valence-electron chi connectivity index (χ4n) is 4.92. The van der Waals surface area contributed by atoms with Crippen LogP contribution in [-0.2, 0) is 14.3 Å². The third kappa shape index (κ3) is 1.08. The molecule has 0 unspecified atom stereocenters. The van der Waals surface area contributed by atoms with E-state index >= 15 is 0 Å². The predicted octanol–water partition coefficient (Wildman–Crippen LogP) is 2.45. The molecule has 0 aromatic heterocycles. The zero-order valence-electron chi connectivity index (χ0n) is 11.1. The lowest BCUT2D eigenvalue weighted by molar-refractivity contribution is -0.139. The van der Waals surface area contributed by atoms with Gasteiger partial charge in [-0.25, -0.2) is 4.79 Å². The highest BCUT2D eigenvalue weighted by Gasteiger charge is 2.76. The summed E-state index contributed by atoms with van der Waals surface area (Å²) in [5.74, 6) is 1.21. The molecule has 0 amide bonds. The lowest BCUT2D eigenvalue weighted by Gasteiger charge is -2.24. The molecule has 0 radical (unpaired) electrons. The van der Waals surface area contributed by atoms with Crippen molar-refractivity contribution in [2.75, 3.05) is 0 Å². The molecule has 4 aliphatic rings. The van der Waals surface area contributed by atoms with Gasteiger partial charge in [0.15, 0.2) is 0 Å². The van der Waals surface area contributed by atoms with Crippen LogP contribution in [0.4, 0.5) is 0 Å². The van der Waals surface area contributed by atoms with Crippen molar-refractivity contribution in [3.8, 4) is 0 Å². The monoisotopic (exact) mass is 248 g/mol. The number of epoxide rings is 1. The minimum atomic E-state index is -0.188. The Morgan fingerprint density at radius 1 is 1.44 bits per heavy atom. The number of hydrogen-bond acceptors (Lipinski definition) is 3. The zero-order chi connectivity index (χ0) is 12.7. The number of hydrogen-bond donors (Lipinski definition) is 0. The summed E-state index contributed by atoms with van der Waals surface area (Å²) >= 11 is 0. The summed E-state index contributed by atoms with van der Waals surface area (Å²) in [6.07, 6.45) is 4.39. The van der Waals surface area contributed by atoms with Crippen molar-refractivity contribution < 1.29 is 14.3 Å². The molecule has 1 spiro atoms. The minimum Gasteiger partial charge on any atom is -0.458 e. The van der Waals surface area contributed by atoms with Crippen molar-refractivity contribution in [3.63, 3.8) is 0 Å². The van der Waals surface area contributed by atoms with E-state index in [9.17, 15) is 4.79 Å². The Hall–Kier alpha value is -0.830. The Balaban J connectivity index is 1.73. The Labute approximate surface area is 108 Å². The highest BCUT2D eigenvalue weighted by molar-refractivity contribution is 5.90. The summed E-state index contributed by atoms with van der Waals surface area (Å²) in [5.41, 5.74) is 0.752. The topological polar surface area (TPSA) is 38.8 Å². The van der Waals surface area contributed by atoms with Gasteiger partial charge in [-0.05, 0) is 44.4 Å². The number of esters is 1. The van der Waals surface area contributed by atoms with Gasteiger partial charge in [-0.1, -0.05) is 13.5 Å². The molecule has 98 valence electrons. The Bertz CT molecular complexity index is 457. The molecular weight excluding hydrogens is 228 g/mol. The molecular formula is C15H20O3. The van der Waals surface area contributed by atoms with E-state index in [1.807, 2.05) is 0 Å². The molecule has 18 heavy (non-hydrogen) atoms. The number of carbonyl (C=O) groups excluding carboxylic acids is 1. The van der Waals surface area contributed by atoms with E-state index in [-0.39, 0.29) is 29.2 Å². The third-order valence-electron chi connectivity index (χ3n) is 6.02. The molecule has 2 heterocycles. The van der Waals surface area contributed by atoms with E-state index < -0.39 is 0 Å². The average Bonchev–Trinajstić information content (AvgIpc) is 2.72. The van der Waals surface area contributed by atoms with E-state index in [2.05, 4.69) is 20.4 Å². The predicted molar refractivity (Wildman–Crippen MR) is 65.9 cm³/mol. The van der Waals surface area contributed by atoms with E-state index in [4.69, 9.17) is 9.47 Å². The Morgan fingerprint density at radius 2 is 2.22 bits per heavy atom. The number of carbonyl (C=O) groups is 1. The summed E-state index contributed by atoms with van der Waals surface area (Å²) in [6, 6.07) is 0. The molecule has 2 aliphatic heterocycles. The summed E-state index contributed by atoms with van der Waals surface area (Å²) in [6.45, 7) is 8.47. The normalized spacial score (nSPS) is 57.4. The average molecular weight is 248 g/mol. The van der Waals surface area contributed by atoms with E-state index in [1.54, 1.807) is 0 Å². The Morgan fingerprint density at radius 3 is 2.94 bits per heavy atom. The molecule has 0 aromatic carbocycles. The van der Waals surface area contributed by atoms with Crippen LogP contribution >= 0.6 is 0 Å². The van der Waals surface area contributed by atoms with Crippen molar-refractivity contribution >= 4 is 5.97 Å². The molecule has 2 saturated carbocycles. The van der Waals surface area contributed by atoms with Crippen LogP contribution in [0.5, 0.6) is 0 Å². The summed E-state index contributed by atoms with van der Waals surface area (Å²) < 4.78 is 11.7. The van der Waals surface area contributed by atoms with Crippen LogP contribution in [0.15, 0.2) is 12.2 Å². The van der Waals surface area contributed by atoms with Gasteiger partial charge in [0.2, 0.25) is 0 Å². The molecule has 6 atom stereocenters. The first kappa shape index (κ1) is 11.0. The second kappa shape index (κ2) is 3.01. The number of fused-ring (bicyclic) bond motifs is 1. The van der Waals surface area contributed by atoms with Gasteiger partial charge in [-0.2, -0.15) is 0 Å². The fraction of sp³-hybridized carbons (Fsp3) is 0.800. The molecule has 2 aliphatic carbocycles. The highest BCUT2D eigenvalue weighted by atomic mass is 16.6. The first-order valence-corrected chi connectivity index (χ1v) is 7.07. The van der Waals surface area contributed by atoms with Crippen LogP contribution in [0.2, 0.25) is 0 Å². The number of ether oxygens (including phenoxy) is 2. The van der Waals surface area contributed by atoms with Gasteiger partial charge in [-0.3, -0.25) is 0 Å². The lowest BCUT2D eigenvalue weighted by atomic mass is 9.79. The summed E-state index contributed by atoms with van der Waals surface area (Å²) in [5, 5.41) is 0. The summed E-state index contributed by atoms with van der Waals surface area (Å²) in [4.78, 5) is 11.7. The smallest absolute Gasteiger partial charge is 0.334 e. The van der Waals surface area contributed by atoms with Crippen LogP contribution in [0, 0.1) is 17.8 Å². The van der Waals surface area contributed by atoms with Gasteiger partial charge in [0.1, 0.15) is 11.7 Å². The van der Waals surface area contributed by atoms with Crippen molar-refractivity contribution in [1.29, 1.82) is 0 Å². The molecule has 0 aromatic rings. The van der Waals surface area contributed by atoms with Crippen LogP contribution in [0.25, 0.3) is 0 Å². The van der Waals surface area contributed by atoms with Gasteiger partial charge in [0, 0.05) is 11.5 Å². The van der Waals surface area contributed by atoms with Crippen molar-refractivity contribution in [2.24, 2.45) is 17.8 Å². The van der Waals surface area contributed by atoms with Crippen molar-refractivity contribution in [1.82, 2.24) is 0 Å². The molecule has 4 fully saturated rings. The summed E-state index contributed by atoms with van der Waals surface area (Å²) in [7, 11) is 0. The van der Waals surface area contributed by atoms with Crippen molar-refractivity contribution in [2.45, 2.75) is 56.8 Å². The van der Waals surface area contributed by atoms with Crippen LogP contribution in [0.1, 0.15) is 39.5 Å². The highest BCUT2D eigenvalue weighted by Crippen LogP contribution is 2.69. The van der Waals surface area contributed by atoms with Gasteiger partial charge in [0.05, 0.1) is 5.60 Å². The van der Waals surface area contributed by atoms with Gasteiger partial charge in [-0.15, -0.1) is 0 Å². The fourth-order valence-corrected chi connectivity index (χ4v) is 4.92. The molecule has 0 bridgehead atoms. The zero-order valence-corrected chi connectivity index (χ0v) is 11.1. The standard InChI is InChI=1S/C15H20O3/c1-8-6-12-10(9(2)13(16)17-12)7-15-11(8)4-5-14(15,3)18-15/h8,10-12H,2,4-7H2,1,3H3/t8-,10+,11-,12+,14-,15+/m1/s1. The third-order valence-corrected chi connectivity index (χ3v) is 6.02. The van der Waals surface area contributed by atoms with Gasteiger partial charge < -0.3 is 9.47 Å². The van der Waals surface area contributed by atoms with E-state index in [1.165, 1.54) is 12.8 Å². The second-order valence-corrected chi connectivity index (χ2v) is 6.86. The molecule has 2 saturated heterocycles. The van der Waals surface area contributed by atoms with Crippen LogP contribution in [0.3, 0.4) is 0 Å². The van der Waals surface area contributed by atoms with Crippen LogP contribution in [-0.4, -0.2) is 23.3 Å². The molecule has 0 N–H and O–H groups in total. The van der Waals surface area contributed by atoms with E-state index in [0.29, 0.717) is 17.4 Å². The maximum absolute atomic E-state index is 11.7. The lowest BCUT2D eigenvalue weighted by Crippen LogP contribution is -2.29. The van der Waals surface area contributed by atoms with Crippen LogP contribution < -0.4 is 0 Å².